The van der Waals surface area contributed by atoms with Gasteiger partial charge in [0.15, 0.2) is 0 Å². The van der Waals surface area contributed by atoms with Crippen molar-refractivity contribution in [3.63, 3.8) is 0 Å². The van der Waals surface area contributed by atoms with Crippen LogP contribution < -0.4 is 5.32 Å². The highest BCUT2D eigenvalue weighted by Crippen LogP contribution is 2.32. The SMILES string of the molecule is Cc1ccc(-c2nc(C(C)N3CCNCC3)sc2C)cc1. The van der Waals surface area contributed by atoms with Crippen LogP contribution >= 0.6 is 11.3 Å². The van der Waals surface area contributed by atoms with Gasteiger partial charge < -0.3 is 5.32 Å². The predicted octanol–water partition coefficient (Wildman–Crippen LogP) is 3.39. The molecule has 1 saturated heterocycles. The third-order valence-electron chi connectivity index (χ3n) is 4.19. The third-order valence-corrected chi connectivity index (χ3v) is 5.34. The molecule has 0 saturated carbocycles. The molecular formula is C17H23N3S. The number of benzene rings is 1. The lowest BCUT2D eigenvalue weighted by Gasteiger charge is -2.31. The minimum atomic E-state index is 0.412. The molecule has 1 aliphatic rings. The summed E-state index contributed by atoms with van der Waals surface area (Å²) >= 11 is 1.84. The summed E-state index contributed by atoms with van der Waals surface area (Å²) in [6.07, 6.45) is 0. The van der Waals surface area contributed by atoms with Crippen LogP contribution in [0.25, 0.3) is 11.3 Å². The molecule has 3 nitrogen and oxygen atoms in total. The van der Waals surface area contributed by atoms with Crippen molar-refractivity contribution in [2.75, 3.05) is 26.2 Å². The first-order valence-corrected chi connectivity index (χ1v) is 8.46. The molecule has 0 radical (unpaired) electrons. The maximum Gasteiger partial charge on any atom is 0.110 e. The van der Waals surface area contributed by atoms with E-state index in [1.807, 2.05) is 11.3 Å². The van der Waals surface area contributed by atoms with E-state index < -0.39 is 0 Å². The second-order valence-corrected chi connectivity index (χ2v) is 7.02. The van der Waals surface area contributed by atoms with Gasteiger partial charge in [0.25, 0.3) is 0 Å². The number of nitrogens with one attached hydrogen (secondary N) is 1. The predicted molar refractivity (Wildman–Crippen MR) is 89.9 cm³/mol. The molecule has 2 heterocycles. The molecule has 0 amide bonds. The lowest BCUT2D eigenvalue weighted by molar-refractivity contribution is 0.185. The van der Waals surface area contributed by atoms with E-state index in [0.29, 0.717) is 6.04 Å². The molecule has 2 aromatic rings. The first-order valence-electron chi connectivity index (χ1n) is 7.64. The highest BCUT2D eigenvalue weighted by Gasteiger charge is 2.22. The molecule has 0 bridgehead atoms. The Hall–Kier alpha value is -1.23. The van der Waals surface area contributed by atoms with Gasteiger partial charge in [0.1, 0.15) is 5.01 Å². The molecule has 1 atom stereocenters. The van der Waals surface area contributed by atoms with Crippen molar-refractivity contribution in [1.29, 1.82) is 0 Å². The standard InChI is InChI=1S/C17H23N3S/c1-12-4-6-15(7-5-12)16-14(3)21-17(19-16)13(2)20-10-8-18-9-11-20/h4-7,13,18H,8-11H2,1-3H3. The maximum absolute atomic E-state index is 4.94. The quantitative estimate of drug-likeness (QED) is 0.942. The van der Waals surface area contributed by atoms with E-state index in [1.54, 1.807) is 0 Å². The van der Waals surface area contributed by atoms with Crippen molar-refractivity contribution >= 4 is 11.3 Å². The average molecular weight is 301 g/mol. The van der Waals surface area contributed by atoms with Crippen molar-refractivity contribution in [3.8, 4) is 11.3 Å². The fourth-order valence-electron chi connectivity index (χ4n) is 2.80. The topological polar surface area (TPSA) is 28.2 Å². The zero-order valence-electron chi connectivity index (χ0n) is 13.0. The van der Waals surface area contributed by atoms with Gasteiger partial charge in [0, 0.05) is 36.6 Å². The van der Waals surface area contributed by atoms with Crippen LogP contribution in [0.4, 0.5) is 0 Å². The normalized spacial score (nSPS) is 17.9. The highest BCUT2D eigenvalue weighted by atomic mass is 32.1. The van der Waals surface area contributed by atoms with Gasteiger partial charge in [0.2, 0.25) is 0 Å². The highest BCUT2D eigenvalue weighted by molar-refractivity contribution is 7.12. The Morgan fingerprint density at radius 2 is 1.81 bits per heavy atom. The molecule has 21 heavy (non-hydrogen) atoms. The number of nitrogens with zero attached hydrogens (tertiary/aromatic N) is 2. The Morgan fingerprint density at radius 3 is 2.48 bits per heavy atom. The van der Waals surface area contributed by atoms with Gasteiger partial charge in [0.05, 0.1) is 11.7 Å². The van der Waals surface area contributed by atoms with Crippen LogP contribution in [-0.2, 0) is 0 Å². The fraction of sp³-hybridized carbons (Fsp3) is 0.471. The van der Waals surface area contributed by atoms with Gasteiger partial charge in [-0.3, -0.25) is 4.90 Å². The Morgan fingerprint density at radius 1 is 1.14 bits per heavy atom. The number of hydrogen-bond donors (Lipinski definition) is 1. The van der Waals surface area contributed by atoms with E-state index >= 15 is 0 Å². The minimum Gasteiger partial charge on any atom is -0.314 e. The number of hydrogen-bond acceptors (Lipinski definition) is 4. The van der Waals surface area contributed by atoms with Crippen LogP contribution in [0.1, 0.15) is 28.4 Å². The monoisotopic (exact) mass is 301 g/mol. The molecule has 1 aliphatic heterocycles. The van der Waals surface area contributed by atoms with E-state index in [-0.39, 0.29) is 0 Å². The van der Waals surface area contributed by atoms with Gasteiger partial charge in [-0.15, -0.1) is 11.3 Å². The smallest absolute Gasteiger partial charge is 0.110 e. The molecular weight excluding hydrogens is 278 g/mol. The lowest BCUT2D eigenvalue weighted by Crippen LogP contribution is -2.44. The minimum absolute atomic E-state index is 0.412. The third kappa shape index (κ3) is 3.18. The molecule has 112 valence electrons. The molecule has 3 rings (SSSR count). The van der Waals surface area contributed by atoms with Gasteiger partial charge in [-0.2, -0.15) is 0 Å². The number of piperazine rings is 1. The summed E-state index contributed by atoms with van der Waals surface area (Å²) in [6, 6.07) is 9.09. The largest absolute Gasteiger partial charge is 0.314 e. The Labute approximate surface area is 131 Å². The zero-order chi connectivity index (χ0) is 14.8. The molecule has 0 spiro atoms. The zero-order valence-corrected chi connectivity index (χ0v) is 13.8. The van der Waals surface area contributed by atoms with Crippen molar-refractivity contribution in [2.45, 2.75) is 26.8 Å². The molecule has 0 aliphatic carbocycles. The summed E-state index contributed by atoms with van der Waals surface area (Å²) in [5, 5.41) is 4.65. The second-order valence-electron chi connectivity index (χ2n) is 5.78. The first kappa shape index (κ1) is 14.7. The summed E-state index contributed by atoms with van der Waals surface area (Å²) in [4.78, 5) is 8.78. The van der Waals surface area contributed by atoms with E-state index in [1.165, 1.54) is 21.0 Å². The average Bonchev–Trinajstić information content (AvgIpc) is 2.90. The Bertz CT molecular complexity index is 597. The molecule has 1 aromatic carbocycles. The van der Waals surface area contributed by atoms with E-state index in [2.05, 4.69) is 55.3 Å². The van der Waals surface area contributed by atoms with E-state index in [0.717, 1.165) is 31.9 Å². The molecule has 1 N–H and O–H groups in total. The molecule has 1 aromatic heterocycles. The lowest BCUT2D eigenvalue weighted by atomic mass is 10.1. The van der Waals surface area contributed by atoms with Crippen molar-refractivity contribution in [1.82, 2.24) is 15.2 Å². The van der Waals surface area contributed by atoms with Crippen LogP contribution in [0.15, 0.2) is 24.3 Å². The number of thiazole rings is 1. The summed E-state index contributed by atoms with van der Waals surface area (Å²) in [5.74, 6) is 0. The van der Waals surface area contributed by atoms with Crippen molar-refractivity contribution < 1.29 is 0 Å². The van der Waals surface area contributed by atoms with Gasteiger partial charge >= 0.3 is 0 Å². The molecule has 1 fully saturated rings. The summed E-state index contributed by atoms with van der Waals surface area (Å²) < 4.78 is 0. The van der Waals surface area contributed by atoms with E-state index in [9.17, 15) is 0 Å². The molecule has 4 heteroatoms. The number of aryl methyl sites for hydroxylation is 2. The number of aromatic nitrogens is 1. The van der Waals surface area contributed by atoms with E-state index in [4.69, 9.17) is 4.98 Å². The van der Waals surface area contributed by atoms with Crippen LogP contribution in [0.3, 0.4) is 0 Å². The van der Waals surface area contributed by atoms with Gasteiger partial charge in [-0.1, -0.05) is 29.8 Å². The van der Waals surface area contributed by atoms with Crippen LogP contribution in [0.2, 0.25) is 0 Å². The van der Waals surface area contributed by atoms with Crippen LogP contribution in [0.5, 0.6) is 0 Å². The maximum atomic E-state index is 4.94. The molecule has 1 unspecified atom stereocenters. The van der Waals surface area contributed by atoms with Crippen LogP contribution in [-0.4, -0.2) is 36.1 Å². The van der Waals surface area contributed by atoms with Crippen LogP contribution in [0, 0.1) is 13.8 Å². The fourth-order valence-corrected chi connectivity index (χ4v) is 3.83. The van der Waals surface area contributed by atoms with Gasteiger partial charge in [-0.25, -0.2) is 4.98 Å². The summed E-state index contributed by atoms with van der Waals surface area (Å²) in [5.41, 5.74) is 3.67. The van der Waals surface area contributed by atoms with Crippen molar-refractivity contribution in [3.05, 3.63) is 39.7 Å². The van der Waals surface area contributed by atoms with Crippen molar-refractivity contribution in [2.24, 2.45) is 0 Å². The van der Waals surface area contributed by atoms with Gasteiger partial charge in [-0.05, 0) is 20.8 Å². The second kappa shape index (κ2) is 6.26. The Kier molecular flexibility index (Phi) is 4.38. The summed E-state index contributed by atoms with van der Waals surface area (Å²) in [7, 11) is 0. The summed E-state index contributed by atoms with van der Waals surface area (Å²) in [6.45, 7) is 11.0. The Balaban J connectivity index is 1.84. The first-order chi connectivity index (χ1) is 10.1. The number of rotatable bonds is 3.